The van der Waals surface area contributed by atoms with Crippen molar-refractivity contribution >= 4 is 35.5 Å². The molecule has 214 valence electrons. The monoisotopic (exact) mass is 553 g/mol. The van der Waals surface area contributed by atoms with Crippen LogP contribution >= 0.6 is 11.8 Å². The molecule has 0 aromatic heterocycles. The number of carbonyl (C=O) groups is 4. The maximum absolute atomic E-state index is 13.3. The van der Waals surface area contributed by atoms with Crippen LogP contribution in [0.1, 0.15) is 51.5 Å². The van der Waals surface area contributed by atoms with Crippen LogP contribution in [0, 0.1) is 5.92 Å². The second kappa shape index (κ2) is 17.6. The Bertz CT molecular complexity index is 901. The molecule has 1 aromatic carbocycles. The van der Waals surface area contributed by atoms with E-state index < -0.39 is 47.9 Å². The summed E-state index contributed by atoms with van der Waals surface area (Å²) in [5.74, 6) is -2.40. The summed E-state index contributed by atoms with van der Waals surface area (Å²) in [5.41, 5.74) is 12.3. The Kier molecular flexibility index (Phi) is 15.4. The highest BCUT2D eigenvalue weighted by Gasteiger charge is 2.32. The summed E-state index contributed by atoms with van der Waals surface area (Å²) in [6.45, 7) is 4.11. The van der Waals surface area contributed by atoms with E-state index in [0.717, 1.165) is 5.56 Å². The minimum atomic E-state index is -1.15. The fourth-order valence-corrected chi connectivity index (χ4v) is 4.20. The van der Waals surface area contributed by atoms with Crippen LogP contribution in [0.2, 0.25) is 0 Å². The van der Waals surface area contributed by atoms with Crippen molar-refractivity contribution in [3.8, 4) is 5.75 Å². The molecule has 5 unspecified atom stereocenters. The van der Waals surface area contributed by atoms with Crippen molar-refractivity contribution in [1.82, 2.24) is 16.0 Å². The molecule has 0 radical (unpaired) electrons. The zero-order valence-corrected chi connectivity index (χ0v) is 23.3. The van der Waals surface area contributed by atoms with E-state index in [1.54, 1.807) is 12.1 Å². The van der Waals surface area contributed by atoms with Crippen LogP contribution in [-0.2, 0) is 25.6 Å². The molecular weight excluding hydrogens is 510 g/mol. The van der Waals surface area contributed by atoms with Crippen LogP contribution in [0.3, 0.4) is 0 Å². The number of hydrogen-bond donors (Lipinski definition) is 7. The molecule has 11 nitrogen and oxygen atoms in total. The van der Waals surface area contributed by atoms with Gasteiger partial charge in [-0.2, -0.15) is 11.8 Å². The van der Waals surface area contributed by atoms with Crippen LogP contribution in [0.15, 0.2) is 24.3 Å². The average Bonchev–Trinajstić information content (AvgIpc) is 2.89. The number of carbonyl (C=O) groups excluding carboxylic acids is 3. The smallest absolute Gasteiger partial charge is 0.326 e. The number of thioether (sulfide) groups is 1. The van der Waals surface area contributed by atoms with Crippen molar-refractivity contribution in [1.29, 1.82) is 0 Å². The normalized spacial score (nSPS) is 15.0. The summed E-state index contributed by atoms with van der Waals surface area (Å²) in [6.07, 6.45) is 4.35. The van der Waals surface area contributed by atoms with Crippen LogP contribution in [0.5, 0.6) is 5.75 Å². The van der Waals surface area contributed by atoms with Gasteiger partial charge in [-0.05, 0) is 74.3 Å². The number of carboxylic acid groups (broad SMARTS) is 1. The predicted molar refractivity (Wildman–Crippen MR) is 149 cm³/mol. The van der Waals surface area contributed by atoms with E-state index in [-0.39, 0.29) is 30.9 Å². The van der Waals surface area contributed by atoms with Crippen LogP contribution in [0.4, 0.5) is 0 Å². The van der Waals surface area contributed by atoms with Crippen molar-refractivity contribution in [2.75, 3.05) is 18.6 Å². The fraction of sp³-hybridized carbons (Fsp3) is 0.615. The van der Waals surface area contributed by atoms with E-state index in [9.17, 15) is 29.4 Å². The lowest BCUT2D eigenvalue weighted by molar-refractivity contribution is -0.142. The Morgan fingerprint density at radius 2 is 1.58 bits per heavy atom. The quantitative estimate of drug-likeness (QED) is 0.128. The number of carboxylic acids is 1. The van der Waals surface area contributed by atoms with Crippen molar-refractivity contribution < 1.29 is 29.4 Å². The van der Waals surface area contributed by atoms with Gasteiger partial charge >= 0.3 is 5.97 Å². The van der Waals surface area contributed by atoms with Gasteiger partial charge in [0.05, 0.1) is 6.04 Å². The van der Waals surface area contributed by atoms with E-state index in [1.165, 1.54) is 23.9 Å². The van der Waals surface area contributed by atoms with Gasteiger partial charge in [-0.1, -0.05) is 32.4 Å². The first kappa shape index (κ1) is 33.2. The average molecular weight is 554 g/mol. The second-order valence-electron chi connectivity index (χ2n) is 9.38. The summed E-state index contributed by atoms with van der Waals surface area (Å²) in [5, 5.41) is 26.9. The number of aliphatic carboxylic acids is 1. The zero-order valence-electron chi connectivity index (χ0n) is 22.4. The molecular formula is C26H43N5O6S. The molecule has 1 rings (SSSR count). The zero-order chi connectivity index (χ0) is 28.7. The molecule has 0 saturated carbocycles. The molecule has 0 fully saturated rings. The number of phenols is 1. The summed E-state index contributed by atoms with van der Waals surface area (Å²) < 4.78 is 0. The Labute approximate surface area is 228 Å². The van der Waals surface area contributed by atoms with Gasteiger partial charge in [0.2, 0.25) is 17.7 Å². The Morgan fingerprint density at radius 3 is 2.13 bits per heavy atom. The minimum absolute atomic E-state index is 0.102. The first-order chi connectivity index (χ1) is 18.0. The lowest BCUT2D eigenvalue weighted by Gasteiger charge is -2.28. The molecule has 0 aliphatic carbocycles. The minimum Gasteiger partial charge on any atom is -0.508 e. The van der Waals surface area contributed by atoms with Gasteiger partial charge in [0, 0.05) is 0 Å². The topological polar surface area (TPSA) is 197 Å². The molecule has 5 atom stereocenters. The summed E-state index contributed by atoms with van der Waals surface area (Å²) >= 11 is 1.49. The highest BCUT2D eigenvalue weighted by molar-refractivity contribution is 7.98. The summed E-state index contributed by atoms with van der Waals surface area (Å²) in [7, 11) is 0. The van der Waals surface area contributed by atoms with E-state index in [1.807, 2.05) is 20.1 Å². The highest BCUT2D eigenvalue weighted by Crippen LogP contribution is 2.13. The van der Waals surface area contributed by atoms with Crippen LogP contribution in [-0.4, -0.2) is 76.6 Å². The molecule has 0 aliphatic heterocycles. The van der Waals surface area contributed by atoms with E-state index in [2.05, 4.69) is 16.0 Å². The number of nitrogens with one attached hydrogen (secondary N) is 3. The maximum atomic E-state index is 13.3. The summed E-state index contributed by atoms with van der Waals surface area (Å²) in [4.78, 5) is 50.8. The van der Waals surface area contributed by atoms with Gasteiger partial charge in [-0.25, -0.2) is 4.79 Å². The molecule has 12 heteroatoms. The SMILES string of the molecule is CCC(C)C(NC(=O)C(N)Cc1ccc(O)cc1)C(=O)NC(CCSC)C(=O)NC(CCCCN)C(=O)O. The van der Waals surface area contributed by atoms with Crippen LogP contribution < -0.4 is 27.4 Å². The van der Waals surface area contributed by atoms with Gasteiger partial charge in [0.25, 0.3) is 0 Å². The van der Waals surface area contributed by atoms with Crippen molar-refractivity contribution in [3.63, 3.8) is 0 Å². The molecule has 0 spiro atoms. The number of hydrogen-bond acceptors (Lipinski definition) is 8. The number of amides is 3. The molecule has 3 amide bonds. The summed E-state index contributed by atoms with van der Waals surface area (Å²) in [6, 6.07) is 2.39. The van der Waals surface area contributed by atoms with Crippen molar-refractivity contribution in [2.24, 2.45) is 17.4 Å². The molecule has 38 heavy (non-hydrogen) atoms. The predicted octanol–water partition coefficient (Wildman–Crippen LogP) is 0.729. The fourth-order valence-electron chi connectivity index (χ4n) is 3.73. The number of benzene rings is 1. The Balaban J connectivity index is 2.94. The highest BCUT2D eigenvalue weighted by atomic mass is 32.2. The standard InChI is InChI=1S/C26H43N5O6S/c1-4-16(2)22(31-23(33)19(28)15-17-8-10-18(32)11-9-17)25(35)29-20(12-14-38-3)24(34)30-21(26(36)37)7-5-6-13-27/h8-11,16,19-22,32H,4-7,12-15,27-28H2,1-3H3,(H,29,35)(H,30,34)(H,31,33)(H,36,37). The molecule has 0 bridgehead atoms. The third-order valence-electron chi connectivity index (χ3n) is 6.33. The number of phenolic OH excluding ortho intramolecular Hbond substituents is 1. The van der Waals surface area contributed by atoms with E-state index >= 15 is 0 Å². The number of aromatic hydroxyl groups is 1. The lowest BCUT2D eigenvalue weighted by atomic mass is 9.96. The molecule has 9 N–H and O–H groups in total. The first-order valence-corrected chi connectivity index (χ1v) is 14.3. The lowest BCUT2D eigenvalue weighted by Crippen LogP contribution is -2.58. The first-order valence-electron chi connectivity index (χ1n) is 12.9. The number of rotatable bonds is 18. The third kappa shape index (κ3) is 11.7. The van der Waals surface area contributed by atoms with E-state index in [0.29, 0.717) is 31.6 Å². The Morgan fingerprint density at radius 1 is 0.947 bits per heavy atom. The Hall–Kier alpha value is -2.83. The van der Waals surface area contributed by atoms with Crippen LogP contribution in [0.25, 0.3) is 0 Å². The molecule has 0 aliphatic rings. The number of unbranched alkanes of at least 4 members (excludes halogenated alkanes) is 1. The van der Waals surface area contributed by atoms with Gasteiger partial charge < -0.3 is 37.6 Å². The number of nitrogens with two attached hydrogens (primary N) is 2. The van der Waals surface area contributed by atoms with Crippen molar-refractivity contribution in [2.45, 2.75) is 76.5 Å². The third-order valence-corrected chi connectivity index (χ3v) is 6.97. The van der Waals surface area contributed by atoms with Gasteiger partial charge in [0.15, 0.2) is 0 Å². The second-order valence-corrected chi connectivity index (χ2v) is 10.4. The van der Waals surface area contributed by atoms with Gasteiger partial charge in [0.1, 0.15) is 23.9 Å². The van der Waals surface area contributed by atoms with Crippen molar-refractivity contribution in [3.05, 3.63) is 29.8 Å². The molecule has 0 heterocycles. The maximum Gasteiger partial charge on any atom is 0.326 e. The molecule has 0 saturated heterocycles. The van der Waals surface area contributed by atoms with Gasteiger partial charge in [-0.3, -0.25) is 14.4 Å². The van der Waals surface area contributed by atoms with E-state index in [4.69, 9.17) is 11.5 Å². The van der Waals surface area contributed by atoms with Gasteiger partial charge in [-0.15, -0.1) is 0 Å². The molecule has 1 aromatic rings. The largest absolute Gasteiger partial charge is 0.508 e.